The summed E-state index contributed by atoms with van der Waals surface area (Å²) in [5.41, 5.74) is 2.95. The van der Waals surface area contributed by atoms with E-state index in [0.29, 0.717) is 23.1 Å². The van der Waals surface area contributed by atoms with E-state index in [2.05, 4.69) is 10.3 Å². The predicted octanol–water partition coefficient (Wildman–Crippen LogP) is 3.51. The monoisotopic (exact) mass is 377 g/mol. The Labute approximate surface area is 159 Å². The molecule has 0 aliphatic carbocycles. The molecule has 1 aliphatic heterocycles. The second-order valence-corrected chi connectivity index (χ2v) is 6.71. The molecule has 1 aliphatic rings. The van der Waals surface area contributed by atoms with Crippen LogP contribution < -0.4 is 9.88 Å². The van der Waals surface area contributed by atoms with E-state index in [1.54, 1.807) is 23.1 Å². The van der Waals surface area contributed by atoms with Gasteiger partial charge in [0.25, 0.3) is 0 Å². The number of carbonyl (C=O) groups is 1. The number of para-hydroxylation sites is 2. The number of halogens is 1. The van der Waals surface area contributed by atoms with Crippen molar-refractivity contribution in [1.29, 1.82) is 0 Å². The van der Waals surface area contributed by atoms with Crippen molar-refractivity contribution in [2.75, 3.05) is 5.32 Å². The molecule has 4 heterocycles. The minimum atomic E-state index is -0.431. The zero-order chi connectivity index (χ0) is 18.4. The standard InChI is InChI=1S/C20H13ClN4O2/c21-17-10-12(7-8-22-17)18-19-24-15(11-13-4-3-9-27-13)20(26)25(19)16-6-2-1-5-14(16)23-18/h1-10,15H,11H2/p+1. The molecule has 1 aromatic carbocycles. The molecule has 0 saturated heterocycles. The number of rotatable bonds is 3. The molecule has 0 spiro atoms. The number of pyridine rings is 1. The van der Waals surface area contributed by atoms with Gasteiger partial charge in [-0.15, -0.1) is 0 Å². The smallest absolute Gasteiger partial charge is 0.360 e. The van der Waals surface area contributed by atoms with Crippen LogP contribution in [0.2, 0.25) is 5.15 Å². The van der Waals surface area contributed by atoms with Gasteiger partial charge in [0, 0.05) is 11.8 Å². The molecular formula is C20H14ClN4O2+. The lowest BCUT2D eigenvalue weighted by Crippen LogP contribution is -2.44. The largest absolute Gasteiger partial charge is 0.469 e. The summed E-state index contributed by atoms with van der Waals surface area (Å²) in [6.07, 6.45) is 3.69. The summed E-state index contributed by atoms with van der Waals surface area (Å²) < 4.78 is 7.11. The second kappa shape index (κ2) is 6.17. The van der Waals surface area contributed by atoms with E-state index in [1.165, 1.54) is 0 Å². The Morgan fingerprint density at radius 3 is 2.89 bits per heavy atom. The van der Waals surface area contributed by atoms with Crippen LogP contribution in [0.5, 0.6) is 0 Å². The quantitative estimate of drug-likeness (QED) is 0.437. The van der Waals surface area contributed by atoms with Gasteiger partial charge in [-0.25, -0.2) is 14.8 Å². The van der Waals surface area contributed by atoms with Crippen molar-refractivity contribution < 1.29 is 13.8 Å². The van der Waals surface area contributed by atoms with Crippen molar-refractivity contribution in [2.45, 2.75) is 12.5 Å². The summed E-state index contributed by atoms with van der Waals surface area (Å²) in [4.78, 5) is 22.0. The predicted molar refractivity (Wildman–Crippen MR) is 101 cm³/mol. The SMILES string of the molecule is O=C1C(Cc2ccco2)Nc2c(-c3ccnc(Cl)c3)nc3ccccc3[n+]21. The zero-order valence-corrected chi connectivity index (χ0v) is 14.8. The second-order valence-electron chi connectivity index (χ2n) is 6.32. The lowest BCUT2D eigenvalue weighted by molar-refractivity contribution is -0.523. The highest BCUT2D eigenvalue weighted by molar-refractivity contribution is 6.29. The minimum Gasteiger partial charge on any atom is -0.469 e. The Kier molecular flexibility index (Phi) is 3.65. The van der Waals surface area contributed by atoms with Gasteiger partial charge in [0.05, 0.1) is 12.7 Å². The van der Waals surface area contributed by atoms with Gasteiger partial charge in [0.1, 0.15) is 16.4 Å². The van der Waals surface area contributed by atoms with Crippen molar-refractivity contribution in [3.8, 4) is 11.3 Å². The van der Waals surface area contributed by atoms with E-state index in [1.807, 2.05) is 42.5 Å². The Hall–Kier alpha value is -3.25. The third kappa shape index (κ3) is 2.65. The number of nitrogens with zero attached hydrogens (tertiary/aromatic N) is 3. The molecule has 1 N–H and O–H groups in total. The molecule has 0 fully saturated rings. The molecule has 4 aromatic rings. The lowest BCUT2D eigenvalue weighted by atomic mass is 10.1. The van der Waals surface area contributed by atoms with Gasteiger partial charge in [-0.05, 0) is 36.4 Å². The van der Waals surface area contributed by atoms with Crippen LogP contribution in [0.1, 0.15) is 10.6 Å². The van der Waals surface area contributed by atoms with Gasteiger partial charge in [-0.1, -0.05) is 23.7 Å². The van der Waals surface area contributed by atoms with Crippen LogP contribution in [-0.4, -0.2) is 21.9 Å². The summed E-state index contributed by atoms with van der Waals surface area (Å²) in [7, 11) is 0. The molecule has 0 bridgehead atoms. The first-order valence-corrected chi connectivity index (χ1v) is 8.88. The fraction of sp³-hybridized carbons (Fsp3) is 0.100. The highest BCUT2D eigenvalue weighted by Gasteiger charge is 2.42. The maximum atomic E-state index is 13.2. The number of hydrogen-bond donors (Lipinski definition) is 1. The third-order valence-corrected chi connectivity index (χ3v) is 4.82. The molecule has 27 heavy (non-hydrogen) atoms. The van der Waals surface area contributed by atoms with E-state index in [-0.39, 0.29) is 5.91 Å². The molecule has 6 nitrogen and oxygen atoms in total. The maximum absolute atomic E-state index is 13.2. The molecule has 132 valence electrons. The maximum Gasteiger partial charge on any atom is 0.360 e. The Morgan fingerprint density at radius 2 is 2.07 bits per heavy atom. The van der Waals surface area contributed by atoms with Gasteiger partial charge in [0.15, 0.2) is 11.2 Å². The average molecular weight is 378 g/mol. The van der Waals surface area contributed by atoms with Gasteiger partial charge < -0.3 is 4.42 Å². The molecule has 3 aromatic heterocycles. The van der Waals surface area contributed by atoms with E-state index in [4.69, 9.17) is 21.0 Å². The van der Waals surface area contributed by atoms with E-state index < -0.39 is 6.04 Å². The van der Waals surface area contributed by atoms with Crippen molar-refractivity contribution in [1.82, 2.24) is 9.97 Å². The van der Waals surface area contributed by atoms with Crippen molar-refractivity contribution >= 4 is 34.4 Å². The molecule has 0 saturated carbocycles. The minimum absolute atomic E-state index is 0.0404. The number of nitrogens with one attached hydrogen (secondary N) is 1. The zero-order valence-electron chi connectivity index (χ0n) is 14.1. The first-order chi connectivity index (χ1) is 13.2. The topological polar surface area (TPSA) is 71.9 Å². The highest BCUT2D eigenvalue weighted by Crippen LogP contribution is 2.30. The van der Waals surface area contributed by atoms with Crippen molar-refractivity contribution in [3.63, 3.8) is 0 Å². The molecule has 0 amide bonds. The van der Waals surface area contributed by atoms with E-state index in [9.17, 15) is 4.79 Å². The summed E-state index contributed by atoms with van der Waals surface area (Å²) >= 11 is 6.07. The van der Waals surface area contributed by atoms with Gasteiger partial charge in [-0.3, -0.25) is 5.32 Å². The summed E-state index contributed by atoms with van der Waals surface area (Å²) in [5, 5.41) is 3.70. The lowest BCUT2D eigenvalue weighted by Gasteiger charge is -2.06. The molecule has 1 unspecified atom stereocenters. The van der Waals surface area contributed by atoms with Crippen LogP contribution in [0.25, 0.3) is 22.3 Å². The first kappa shape index (κ1) is 16.0. The number of benzene rings is 1. The molecule has 0 radical (unpaired) electrons. The van der Waals surface area contributed by atoms with Crippen LogP contribution in [0.4, 0.5) is 5.82 Å². The number of hydrogen-bond acceptors (Lipinski definition) is 5. The third-order valence-electron chi connectivity index (χ3n) is 4.62. The number of carbonyl (C=O) groups excluding carboxylic acids is 1. The molecule has 5 rings (SSSR count). The van der Waals surface area contributed by atoms with Gasteiger partial charge >= 0.3 is 11.7 Å². The first-order valence-electron chi connectivity index (χ1n) is 8.50. The van der Waals surface area contributed by atoms with Crippen LogP contribution in [0.3, 0.4) is 0 Å². The summed E-state index contributed by atoms with van der Waals surface area (Å²) in [5.74, 6) is 1.36. The highest BCUT2D eigenvalue weighted by atomic mass is 35.5. The van der Waals surface area contributed by atoms with Crippen molar-refractivity contribution in [3.05, 3.63) is 71.9 Å². The van der Waals surface area contributed by atoms with Crippen molar-refractivity contribution in [2.24, 2.45) is 0 Å². The number of furan rings is 1. The number of anilines is 1. The van der Waals surface area contributed by atoms with E-state index in [0.717, 1.165) is 22.4 Å². The van der Waals surface area contributed by atoms with Gasteiger partial charge in [0.2, 0.25) is 6.04 Å². The van der Waals surface area contributed by atoms with Crippen LogP contribution >= 0.6 is 11.6 Å². The molecule has 1 atom stereocenters. The molecule has 7 heteroatoms. The van der Waals surface area contributed by atoms with Crippen LogP contribution in [-0.2, 0) is 6.42 Å². The van der Waals surface area contributed by atoms with E-state index >= 15 is 0 Å². The summed E-state index contributed by atoms with van der Waals surface area (Å²) in [6.45, 7) is 0. The van der Waals surface area contributed by atoms with Crippen LogP contribution in [0, 0.1) is 0 Å². The average Bonchev–Trinajstić information content (AvgIpc) is 3.30. The normalized spacial score (nSPS) is 15.7. The fourth-order valence-corrected chi connectivity index (χ4v) is 3.59. The number of fused-ring (bicyclic) bond motifs is 3. The fourth-order valence-electron chi connectivity index (χ4n) is 3.41. The number of aromatic nitrogens is 3. The summed E-state index contributed by atoms with van der Waals surface area (Å²) in [6, 6.07) is 14.4. The van der Waals surface area contributed by atoms with Gasteiger partial charge in [-0.2, -0.15) is 4.57 Å². The Morgan fingerprint density at radius 1 is 1.19 bits per heavy atom. The Bertz CT molecular complexity index is 1170. The Balaban J connectivity index is 1.70. The van der Waals surface area contributed by atoms with Crippen LogP contribution in [0.15, 0.2) is 65.4 Å². The molecular weight excluding hydrogens is 364 g/mol.